The summed E-state index contributed by atoms with van der Waals surface area (Å²) >= 11 is 6.39. The third-order valence-electron chi connectivity index (χ3n) is 11.9. The molecule has 4 aliphatic rings. The summed E-state index contributed by atoms with van der Waals surface area (Å²) in [4.78, 5) is 9.43. The Morgan fingerprint density at radius 3 is 2.64 bits per heavy atom. The molecule has 0 aliphatic heterocycles. The van der Waals surface area contributed by atoms with Crippen LogP contribution in [-0.2, 0) is 6.42 Å². The molecule has 0 amide bonds. The van der Waals surface area contributed by atoms with E-state index in [1.165, 1.54) is 25.7 Å². The van der Waals surface area contributed by atoms with Gasteiger partial charge in [-0.3, -0.25) is 0 Å². The van der Waals surface area contributed by atoms with E-state index in [-0.39, 0.29) is 12.2 Å². The van der Waals surface area contributed by atoms with Crippen molar-refractivity contribution < 1.29 is 10.2 Å². The summed E-state index contributed by atoms with van der Waals surface area (Å²) in [5, 5.41) is 23.5. The lowest BCUT2D eigenvalue weighted by molar-refractivity contribution is -0.174. The lowest BCUT2D eigenvalue weighted by Gasteiger charge is -2.62. The largest absolute Gasteiger partial charge is 0.393 e. The Morgan fingerprint density at radius 1 is 1.03 bits per heavy atom. The number of halogens is 1. The van der Waals surface area contributed by atoms with Crippen LogP contribution in [0.4, 0.5) is 0 Å². The number of aromatic nitrogens is 2. The maximum atomic E-state index is 11.5. The Morgan fingerprint density at radius 2 is 1.81 bits per heavy atom. The van der Waals surface area contributed by atoms with E-state index in [1.807, 2.05) is 24.4 Å². The summed E-state index contributed by atoms with van der Waals surface area (Å²) in [6.07, 6.45) is 12.4. The van der Waals surface area contributed by atoms with Crippen LogP contribution >= 0.6 is 11.6 Å². The standard InChI is InChI=1S/C31H43ClN2O2/c1-18(7-10-27-33-17-19-5-4-6-25(32)29(19)34-27)22-8-9-23-28-24(12-14-31(22,23)3)30(2)13-11-21(35)15-20(30)16-26(28)36/h4-6,17-18,20-24,26,28,35-36H,7-16H2,1-3H3/t18-,20+,21-,22-,23+,24?,26+,28+,30+,31-/m1/s1. The number of aliphatic hydroxyl groups excluding tert-OH is 2. The van der Waals surface area contributed by atoms with Gasteiger partial charge < -0.3 is 10.2 Å². The molecule has 1 unspecified atom stereocenters. The Hall–Kier alpha value is -1.23. The Labute approximate surface area is 221 Å². The normalized spacial score (nSPS) is 43.0. The molecule has 10 atom stereocenters. The second kappa shape index (κ2) is 9.20. The zero-order valence-electron chi connectivity index (χ0n) is 22.2. The number of para-hydroxylation sites is 1. The summed E-state index contributed by atoms with van der Waals surface area (Å²) in [6.45, 7) is 7.50. The van der Waals surface area contributed by atoms with Crippen molar-refractivity contribution in [2.75, 3.05) is 0 Å². The molecule has 36 heavy (non-hydrogen) atoms. The van der Waals surface area contributed by atoms with Crippen LogP contribution in [0.25, 0.3) is 10.9 Å². The summed E-state index contributed by atoms with van der Waals surface area (Å²) < 4.78 is 0. The van der Waals surface area contributed by atoms with Crippen molar-refractivity contribution in [3.63, 3.8) is 0 Å². The fourth-order valence-electron chi connectivity index (χ4n) is 9.91. The van der Waals surface area contributed by atoms with Crippen LogP contribution in [0.15, 0.2) is 24.4 Å². The molecule has 0 saturated heterocycles. The summed E-state index contributed by atoms with van der Waals surface area (Å²) in [5.41, 5.74) is 1.46. The van der Waals surface area contributed by atoms with E-state index in [4.69, 9.17) is 16.6 Å². The maximum Gasteiger partial charge on any atom is 0.129 e. The Kier molecular flexibility index (Phi) is 6.41. The average Bonchev–Trinajstić information content (AvgIpc) is 3.21. The number of fused-ring (bicyclic) bond motifs is 6. The van der Waals surface area contributed by atoms with Crippen LogP contribution in [0.1, 0.15) is 84.4 Å². The summed E-state index contributed by atoms with van der Waals surface area (Å²) in [5.74, 6) is 4.35. The first kappa shape index (κ1) is 25.1. The molecule has 196 valence electrons. The van der Waals surface area contributed by atoms with Crippen molar-refractivity contribution in [2.24, 2.45) is 46.3 Å². The smallest absolute Gasteiger partial charge is 0.129 e. The number of hydrogen-bond donors (Lipinski definition) is 2. The van der Waals surface area contributed by atoms with Gasteiger partial charge in [0.15, 0.2) is 0 Å². The van der Waals surface area contributed by atoms with Crippen LogP contribution in [-0.4, -0.2) is 32.4 Å². The molecule has 1 aromatic heterocycles. The van der Waals surface area contributed by atoms with Gasteiger partial charge in [-0.05, 0) is 110 Å². The van der Waals surface area contributed by atoms with Crippen molar-refractivity contribution in [1.29, 1.82) is 0 Å². The van der Waals surface area contributed by atoms with Gasteiger partial charge in [0.1, 0.15) is 5.82 Å². The van der Waals surface area contributed by atoms with Gasteiger partial charge in [0.05, 0.1) is 22.7 Å². The highest BCUT2D eigenvalue weighted by atomic mass is 35.5. The van der Waals surface area contributed by atoms with E-state index >= 15 is 0 Å². The highest BCUT2D eigenvalue weighted by molar-refractivity contribution is 6.34. The van der Waals surface area contributed by atoms with E-state index < -0.39 is 0 Å². The van der Waals surface area contributed by atoms with Crippen molar-refractivity contribution in [1.82, 2.24) is 9.97 Å². The first-order valence-electron chi connectivity index (χ1n) is 14.5. The molecule has 1 heterocycles. The number of aryl methyl sites for hydroxylation is 1. The molecule has 5 heteroatoms. The zero-order valence-corrected chi connectivity index (χ0v) is 22.9. The maximum absolute atomic E-state index is 11.5. The molecule has 4 aliphatic carbocycles. The molecular formula is C31H43ClN2O2. The van der Waals surface area contributed by atoms with Gasteiger partial charge >= 0.3 is 0 Å². The number of aliphatic hydroxyl groups is 2. The molecule has 6 rings (SSSR count). The number of nitrogens with zero attached hydrogens (tertiary/aromatic N) is 2. The first-order chi connectivity index (χ1) is 17.2. The van der Waals surface area contributed by atoms with Crippen molar-refractivity contribution in [2.45, 2.75) is 97.2 Å². The van der Waals surface area contributed by atoms with E-state index in [0.29, 0.717) is 51.4 Å². The summed E-state index contributed by atoms with van der Waals surface area (Å²) in [6, 6.07) is 5.86. The van der Waals surface area contributed by atoms with Crippen LogP contribution in [0.2, 0.25) is 5.02 Å². The van der Waals surface area contributed by atoms with Gasteiger partial charge in [0.2, 0.25) is 0 Å². The molecular weight excluding hydrogens is 468 g/mol. The quantitative estimate of drug-likeness (QED) is 0.472. The highest BCUT2D eigenvalue weighted by Gasteiger charge is 2.62. The van der Waals surface area contributed by atoms with E-state index in [1.54, 1.807) is 0 Å². The fraction of sp³-hybridized carbons (Fsp3) is 0.742. The third-order valence-corrected chi connectivity index (χ3v) is 12.2. The number of rotatable bonds is 4. The summed E-state index contributed by atoms with van der Waals surface area (Å²) in [7, 11) is 0. The van der Waals surface area contributed by atoms with Crippen molar-refractivity contribution in [3.8, 4) is 0 Å². The number of benzene rings is 1. The molecule has 1 aromatic carbocycles. The van der Waals surface area contributed by atoms with Crippen molar-refractivity contribution >= 4 is 22.5 Å². The average molecular weight is 511 g/mol. The molecule has 0 spiro atoms. The lowest BCUT2D eigenvalue weighted by atomic mass is 9.43. The highest BCUT2D eigenvalue weighted by Crippen LogP contribution is 2.68. The number of hydrogen-bond acceptors (Lipinski definition) is 4. The van der Waals surface area contributed by atoms with Gasteiger partial charge in [-0.1, -0.05) is 44.5 Å². The van der Waals surface area contributed by atoms with E-state index in [9.17, 15) is 10.2 Å². The van der Waals surface area contributed by atoms with Crippen LogP contribution in [0.3, 0.4) is 0 Å². The van der Waals surface area contributed by atoms with Crippen LogP contribution in [0, 0.1) is 46.3 Å². The van der Waals surface area contributed by atoms with Gasteiger partial charge in [-0.25, -0.2) is 9.97 Å². The molecule has 2 N–H and O–H groups in total. The fourth-order valence-corrected chi connectivity index (χ4v) is 10.1. The van der Waals surface area contributed by atoms with E-state index in [2.05, 4.69) is 25.8 Å². The SMILES string of the molecule is C[C@H](CCc1ncc2cccc(Cl)c2n1)[C@H]1CC[C@H]2[C@H]3C(CC[C@]12C)[C@@]1(C)CC[C@@H](O)C[C@H]1C[C@@H]3O. The van der Waals surface area contributed by atoms with Crippen LogP contribution in [0.5, 0.6) is 0 Å². The molecule has 0 bridgehead atoms. The van der Waals surface area contributed by atoms with E-state index in [0.717, 1.165) is 55.3 Å². The van der Waals surface area contributed by atoms with Crippen LogP contribution < -0.4 is 0 Å². The second-order valence-corrected chi connectivity index (χ2v) is 13.8. The predicted molar refractivity (Wildman–Crippen MR) is 145 cm³/mol. The minimum atomic E-state index is -0.201. The molecule has 4 saturated carbocycles. The van der Waals surface area contributed by atoms with Gasteiger partial charge in [-0.2, -0.15) is 0 Å². The molecule has 4 fully saturated rings. The molecule has 2 aromatic rings. The predicted octanol–water partition coefficient (Wildman–Crippen LogP) is 6.84. The van der Waals surface area contributed by atoms with Crippen molar-refractivity contribution in [3.05, 3.63) is 35.2 Å². The molecule has 4 nitrogen and oxygen atoms in total. The first-order valence-corrected chi connectivity index (χ1v) is 14.8. The monoisotopic (exact) mass is 510 g/mol. The van der Waals surface area contributed by atoms with Gasteiger partial charge in [-0.15, -0.1) is 0 Å². The zero-order chi connectivity index (χ0) is 25.2. The second-order valence-electron chi connectivity index (χ2n) is 13.4. The Bertz CT molecular complexity index is 1120. The minimum Gasteiger partial charge on any atom is -0.393 e. The molecule has 0 radical (unpaired) electrons. The minimum absolute atomic E-state index is 0.167. The Balaban J connectivity index is 1.17. The lowest BCUT2D eigenvalue weighted by Crippen LogP contribution is -2.58. The third kappa shape index (κ3) is 3.93. The van der Waals surface area contributed by atoms with Gasteiger partial charge in [0, 0.05) is 18.0 Å². The topological polar surface area (TPSA) is 66.2 Å². The van der Waals surface area contributed by atoms with Gasteiger partial charge in [0.25, 0.3) is 0 Å².